The molecule has 0 radical (unpaired) electrons. The normalized spacial score (nSPS) is 19.4. The molecule has 0 spiro atoms. The van der Waals surface area contributed by atoms with E-state index in [0.29, 0.717) is 24.2 Å². The fraction of sp³-hybridized carbons (Fsp3) is 0.538. The molecule has 1 aromatic heterocycles. The number of nitrogens with zero attached hydrogens (tertiary/aromatic N) is 3. The zero-order valence-electron chi connectivity index (χ0n) is 10.7. The molecule has 0 atom stereocenters. The number of piperazine rings is 1. The summed E-state index contributed by atoms with van der Waals surface area (Å²) in [6, 6.07) is 4.14. The number of pyridine rings is 1. The minimum atomic E-state index is 0.0641. The zero-order valence-corrected chi connectivity index (χ0v) is 11.4. The summed E-state index contributed by atoms with van der Waals surface area (Å²) >= 11 is 6.14. The average molecular weight is 281 g/mol. The maximum Gasteiger partial charge on any atom is 0.317 e. The molecule has 1 saturated carbocycles. The number of amides is 2. The Morgan fingerprint density at radius 2 is 2.05 bits per heavy atom. The van der Waals surface area contributed by atoms with E-state index in [9.17, 15) is 4.79 Å². The van der Waals surface area contributed by atoms with Gasteiger partial charge in [-0.05, 0) is 25.0 Å². The van der Waals surface area contributed by atoms with Crippen LogP contribution >= 0.6 is 11.6 Å². The van der Waals surface area contributed by atoms with Crippen molar-refractivity contribution >= 4 is 23.4 Å². The summed E-state index contributed by atoms with van der Waals surface area (Å²) in [5.74, 6) is 0.811. The predicted octanol–water partition coefficient (Wildman–Crippen LogP) is 1.73. The molecule has 1 saturated heterocycles. The Hall–Kier alpha value is -1.49. The predicted molar refractivity (Wildman–Crippen MR) is 74.6 cm³/mol. The van der Waals surface area contributed by atoms with E-state index in [1.54, 1.807) is 6.20 Å². The summed E-state index contributed by atoms with van der Waals surface area (Å²) in [6.45, 7) is 2.97. The van der Waals surface area contributed by atoms with Crippen LogP contribution in [0, 0.1) is 0 Å². The first-order valence-electron chi connectivity index (χ1n) is 6.65. The third kappa shape index (κ3) is 2.92. The topological polar surface area (TPSA) is 48.5 Å². The maximum atomic E-state index is 11.9. The third-order valence-corrected chi connectivity index (χ3v) is 3.81. The van der Waals surface area contributed by atoms with Crippen molar-refractivity contribution in [2.45, 2.75) is 18.9 Å². The van der Waals surface area contributed by atoms with Gasteiger partial charge in [-0.15, -0.1) is 0 Å². The van der Waals surface area contributed by atoms with Crippen LogP contribution in [0.15, 0.2) is 18.3 Å². The Morgan fingerprint density at radius 3 is 2.68 bits per heavy atom. The number of anilines is 1. The Bertz CT molecular complexity index is 469. The Kier molecular flexibility index (Phi) is 3.46. The lowest BCUT2D eigenvalue weighted by molar-refractivity contribution is 0.194. The molecule has 0 aromatic carbocycles. The molecule has 19 heavy (non-hydrogen) atoms. The van der Waals surface area contributed by atoms with Crippen LogP contribution in [-0.4, -0.2) is 48.1 Å². The second kappa shape index (κ2) is 5.25. The molecule has 1 N–H and O–H groups in total. The van der Waals surface area contributed by atoms with Gasteiger partial charge in [-0.3, -0.25) is 0 Å². The fourth-order valence-corrected chi connectivity index (χ4v) is 2.47. The Labute approximate surface area is 117 Å². The van der Waals surface area contributed by atoms with Gasteiger partial charge in [0.15, 0.2) is 0 Å². The van der Waals surface area contributed by atoms with Crippen LogP contribution < -0.4 is 10.2 Å². The molecule has 1 aromatic rings. The number of carbonyl (C=O) groups is 1. The van der Waals surface area contributed by atoms with E-state index < -0.39 is 0 Å². The van der Waals surface area contributed by atoms with Gasteiger partial charge in [-0.25, -0.2) is 9.78 Å². The number of nitrogens with one attached hydrogen (secondary N) is 1. The minimum Gasteiger partial charge on any atom is -0.352 e. The molecule has 0 unspecified atom stereocenters. The maximum absolute atomic E-state index is 11.9. The van der Waals surface area contributed by atoms with Crippen molar-refractivity contribution in [1.82, 2.24) is 15.2 Å². The number of hydrogen-bond acceptors (Lipinski definition) is 3. The molecule has 6 heteroatoms. The van der Waals surface area contributed by atoms with Crippen molar-refractivity contribution in [1.29, 1.82) is 0 Å². The molecule has 1 aliphatic heterocycles. The van der Waals surface area contributed by atoms with E-state index in [1.807, 2.05) is 17.0 Å². The van der Waals surface area contributed by atoms with Gasteiger partial charge >= 0.3 is 6.03 Å². The molecule has 1 aliphatic carbocycles. The average Bonchev–Trinajstić information content (AvgIpc) is 3.23. The lowest BCUT2D eigenvalue weighted by Crippen LogP contribution is -2.52. The second-order valence-electron chi connectivity index (χ2n) is 5.01. The number of hydrogen-bond donors (Lipinski definition) is 1. The highest BCUT2D eigenvalue weighted by atomic mass is 35.5. The summed E-state index contributed by atoms with van der Waals surface area (Å²) in [5.41, 5.74) is 0. The summed E-state index contributed by atoms with van der Waals surface area (Å²) in [4.78, 5) is 20.2. The van der Waals surface area contributed by atoms with Gasteiger partial charge in [-0.2, -0.15) is 0 Å². The Balaban J connectivity index is 1.57. The lowest BCUT2D eigenvalue weighted by atomic mass is 10.3. The van der Waals surface area contributed by atoms with E-state index in [0.717, 1.165) is 31.7 Å². The van der Waals surface area contributed by atoms with E-state index in [-0.39, 0.29) is 6.03 Å². The van der Waals surface area contributed by atoms with Gasteiger partial charge in [0, 0.05) is 38.4 Å². The van der Waals surface area contributed by atoms with Gasteiger partial charge < -0.3 is 15.1 Å². The van der Waals surface area contributed by atoms with Gasteiger partial charge in [0.05, 0.1) is 5.02 Å². The first-order valence-corrected chi connectivity index (χ1v) is 7.03. The number of halogens is 1. The largest absolute Gasteiger partial charge is 0.352 e. The number of urea groups is 1. The van der Waals surface area contributed by atoms with Crippen molar-refractivity contribution in [2.24, 2.45) is 0 Å². The summed E-state index contributed by atoms with van der Waals surface area (Å²) in [5, 5.41) is 3.68. The number of carbonyl (C=O) groups excluding carboxylic acids is 1. The quantitative estimate of drug-likeness (QED) is 0.897. The van der Waals surface area contributed by atoms with Crippen LogP contribution in [0.5, 0.6) is 0 Å². The van der Waals surface area contributed by atoms with Crippen LogP contribution in [-0.2, 0) is 0 Å². The Morgan fingerprint density at radius 1 is 1.32 bits per heavy atom. The fourth-order valence-electron chi connectivity index (χ4n) is 2.22. The van der Waals surface area contributed by atoms with E-state index in [4.69, 9.17) is 11.6 Å². The first-order chi connectivity index (χ1) is 9.24. The molecule has 0 bridgehead atoms. The van der Waals surface area contributed by atoms with Gasteiger partial charge in [0.2, 0.25) is 0 Å². The van der Waals surface area contributed by atoms with Gasteiger partial charge in [0.25, 0.3) is 0 Å². The standard InChI is InChI=1S/C13H17ClN4O/c14-11-2-1-5-15-12(11)17-6-8-18(9-7-17)13(19)16-10-3-4-10/h1-2,5,10H,3-4,6-9H2,(H,16,19). The van der Waals surface area contributed by atoms with Gasteiger partial charge in [0.1, 0.15) is 5.82 Å². The van der Waals surface area contributed by atoms with Crippen molar-refractivity contribution < 1.29 is 4.79 Å². The van der Waals surface area contributed by atoms with Crippen LogP contribution in [0.1, 0.15) is 12.8 Å². The second-order valence-corrected chi connectivity index (χ2v) is 5.41. The smallest absolute Gasteiger partial charge is 0.317 e. The minimum absolute atomic E-state index is 0.0641. The molecular formula is C13H17ClN4O. The van der Waals surface area contributed by atoms with Crippen molar-refractivity contribution in [2.75, 3.05) is 31.1 Å². The summed E-state index contributed by atoms with van der Waals surface area (Å²) in [6.07, 6.45) is 3.98. The monoisotopic (exact) mass is 280 g/mol. The highest BCUT2D eigenvalue weighted by molar-refractivity contribution is 6.32. The van der Waals surface area contributed by atoms with Crippen LogP contribution in [0.4, 0.5) is 10.6 Å². The third-order valence-electron chi connectivity index (χ3n) is 3.51. The number of aromatic nitrogens is 1. The van der Waals surface area contributed by atoms with Crippen molar-refractivity contribution in [3.63, 3.8) is 0 Å². The molecular weight excluding hydrogens is 264 g/mol. The lowest BCUT2D eigenvalue weighted by Gasteiger charge is -2.35. The molecule has 3 rings (SSSR count). The first kappa shape index (κ1) is 12.5. The molecule has 102 valence electrons. The highest BCUT2D eigenvalue weighted by Gasteiger charge is 2.28. The van der Waals surface area contributed by atoms with Crippen molar-refractivity contribution in [3.05, 3.63) is 23.4 Å². The van der Waals surface area contributed by atoms with Crippen molar-refractivity contribution in [3.8, 4) is 0 Å². The SMILES string of the molecule is O=C(NC1CC1)N1CCN(c2ncccc2Cl)CC1. The van der Waals surface area contributed by atoms with Crippen LogP contribution in [0.2, 0.25) is 5.02 Å². The van der Waals surface area contributed by atoms with E-state index >= 15 is 0 Å². The molecule has 2 heterocycles. The molecule has 2 fully saturated rings. The molecule has 2 amide bonds. The molecule has 2 aliphatic rings. The summed E-state index contributed by atoms with van der Waals surface area (Å²) < 4.78 is 0. The van der Waals surface area contributed by atoms with Gasteiger partial charge in [-0.1, -0.05) is 11.6 Å². The zero-order chi connectivity index (χ0) is 13.2. The van der Waals surface area contributed by atoms with Crippen LogP contribution in [0.3, 0.4) is 0 Å². The highest BCUT2D eigenvalue weighted by Crippen LogP contribution is 2.23. The molecule has 5 nitrogen and oxygen atoms in total. The summed E-state index contributed by atoms with van der Waals surface area (Å²) in [7, 11) is 0. The number of rotatable bonds is 2. The van der Waals surface area contributed by atoms with E-state index in [1.165, 1.54) is 0 Å². The van der Waals surface area contributed by atoms with E-state index in [2.05, 4.69) is 15.2 Å². The van der Waals surface area contributed by atoms with Crippen LogP contribution in [0.25, 0.3) is 0 Å².